The molecule has 0 unspecified atom stereocenters. The van der Waals surface area contributed by atoms with Crippen molar-refractivity contribution in [3.8, 4) is 0 Å². The van der Waals surface area contributed by atoms with E-state index in [1.165, 1.54) is 6.92 Å². The van der Waals surface area contributed by atoms with E-state index < -0.39 is 35.7 Å². The van der Waals surface area contributed by atoms with Gasteiger partial charge in [-0.25, -0.2) is 0 Å². The first kappa shape index (κ1) is 17.2. The van der Waals surface area contributed by atoms with E-state index in [0.29, 0.717) is 16.2 Å². The number of fused-ring (bicyclic) bond motifs is 3. The lowest BCUT2D eigenvalue weighted by atomic mass is 9.92. The summed E-state index contributed by atoms with van der Waals surface area (Å²) in [7, 11) is 0. The Balaban J connectivity index is 2.19. The van der Waals surface area contributed by atoms with Crippen molar-refractivity contribution in [1.29, 1.82) is 0 Å². The molecule has 2 amide bonds. The second-order valence-corrected chi connectivity index (χ2v) is 6.01. The molecule has 0 aliphatic carbocycles. The topological polar surface area (TPSA) is 66.9 Å². The Bertz CT molecular complexity index is 764. The van der Waals surface area contributed by atoms with E-state index in [9.17, 15) is 27.6 Å². The monoisotopic (exact) mass is 356 g/mol. The Morgan fingerprint density at radius 1 is 1.20 bits per heavy atom. The molecule has 2 aliphatic heterocycles. The van der Waals surface area contributed by atoms with Crippen LogP contribution in [0.25, 0.3) is 0 Å². The minimum Gasteiger partial charge on any atom is -0.450 e. The molecule has 0 radical (unpaired) electrons. The summed E-state index contributed by atoms with van der Waals surface area (Å²) in [5.41, 5.74) is -0.751. The fourth-order valence-corrected chi connectivity index (χ4v) is 3.72. The molecule has 1 saturated heterocycles. The molecule has 2 atom stereocenters. The van der Waals surface area contributed by atoms with Crippen LogP contribution < -0.4 is 4.90 Å². The summed E-state index contributed by atoms with van der Waals surface area (Å²) in [6, 6.07) is 6.40. The zero-order chi connectivity index (χ0) is 18.6. The van der Waals surface area contributed by atoms with Crippen molar-refractivity contribution in [2.75, 3.05) is 11.4 Å². The Hall–Kier alpha value is -2.58. The lowest BCUT2D eigenvalue weighted by Gasteiger charge is -2.36. The summed E-state index contributed by atoms with van der Waals surface area (Å²) in [5.74, 6) is -3.31. The van der Waals surface area contributed by atoms with Crippen LogP contribution in [0.5, 0.6) is 0 Å². The number of alkyl halides is 3. The van der Waals surface area contributed by atoms with E-state index in [1.54, 1.807) is 24.3 Å². The number of nitrogens with zero attached hydrogens (tertiary/aromatic N) is 2. The van der Waals surface area contributed by atoms with Crippen molar-refractivity contribution in [2.45, 2.75) is 38.2 Å². The van der Waals surface area contributed by atoms with Crippen molar-refractivity contribution in [3.05, 3.63) is 29.8 Å². The van der Waals surface area contributed by atoms with Crippen LogP contribution in [0.2, 0.25) is 0 Å². The first-order chi connectivity index (χ1) is 11.6. The van der Waals surface area contributed by atoms with Crippen LogP contribution in [0.4, 0.5) is 18.9 Å². The van der Waals surface area contributed by atoms with Gasteiger partial charge < -0.3 is 9.64 Å². The van der Waals surface area contributed by atoms with Crippen molar-refractivity contribution in [3.63, 3.8) is 0 Å². The van der Waals surface area contributed by atoms with E-state index in [4.69, 9.17) is 4.74 Å². The van der Waals surface area contributed by atoms with Gasteiger partial charge in [0.25, 0.3) is 0 Å². The number of carbonyl (C=O) groups excluding carboxylic acids is 3. The van der Waals surface area contributed by atoms with Gasteiger partial charge in [0.15, 0.2) is 11.8 Å². The summed E-state index contributed by atoms with van der Waals surface area (Å²) in [6.07, 6.45) is -6.48. The van der Waals surface area contributed by atoms with Crippen molar-refractivity contribution >= 4 is 23.5 Å². The predicted molar refractivity (Wildman–Crippen MR) is 79.2 cm³/mol. The second kappa shape index (κ2) is 5.47. The molecule has 0 N–H and O–H groups in total. The van der Waals surface area contributed by atoms with E-state index in [0.717, 1.165) is 11.8 Å². The number of hydrogen-bond acceptors (Lipinski definition) is 4. The van der Waals surface area contributed by atoms with Gasteiger partial charge in [-0.15, -0.1) is 0 Å². The maximum atomic E-state index is 13.0. The summed E-state index contributed by atoms with van der Waals surface area (Å²) in [5, 5.41) is 0. The van der Waals surface area contributed by atoms with Gasteiger partial charge in [0, 0.05) is 32.4 Å². The number of ether oxygens (including phenoxy) is 1. The lowest BCUT2D eigenvalue weighted by Crippen LogP contribution is -2.57. The lowest BCUT2D eigenvalue weighted by molar-refractivity contribution is -0.189. The quantitative estimate of drug-likeness (QED) is 0.721. The highest BCUT2D eigenvalue weighted by atomic mass is 19.4. The Kier molecular flexibility index (Phi) is 3.77. The highest BCUT2D eigenvalue weighted by Gasteiger charge is 2.64. The number of carbonyl (C=O) groups is 3. The van der Waals surface area contributed by atoms with Gasteiger partial charge in [0.05, 0.1) is 5.69 Å². The van der Waals surface area contributed by atoms with E-state index in [-0.39, 0.29) is 13.0 Å². The SMILES string of the molecule is CC(=O)O[C@@]12CCN(C(=O)C(F)(F)F)[C@@H]1N(C(C)=O)c1ccccc12. The second-order valence-electron chi connectivity index (χ2n) is 6.01. The number of halogens is 3. The number of esters is 1. The standard InChI is InChI=1S/C16H15F3N2O4/c1-9(22)21-12-6-4-3-5-11(12)15(25-10(2)23)7-8-20(13(15)21)14(24)16(17,18)19/h3-6,13H,7-8H2,1-2H3/t13-,15-/m1/s1. The molecule has 1 aromatic rings. The maximum Gasteiger partial charge on any atom is 0.471 e. The Morgan fingerprint density at radius 3 is 2.40 bits per heavy atom. The van der Waals surface area contributed by atoms with Crippen LogP contribution in [0.3, 0.4) is 0 Å². The van der Waals surface area contributed by atoms with E-state index in [1.807, 2.05) is 0 Å². The third kappa shape index (κ3) is 2.45. The normalized spacial score (nSPS) is 24.8. The minimum absolute atomic E-state index is 0.0279. The van der Waals surface area contributed by atoms with Crippen molar-refractivity contribution in [2.24, 2.45) is 0 Å². The zero-order valence-corrected chi connectivity index (χ0v) is 13.5. The van der Waals surface area contributed by atoms with Gasteiger partial charge in [-0.1, -0.05) is 18.2 Å². The first-order valence-corrected chi connectivity index (χ1v) is 7.56. The van der Waals surface area contributed by atoms with Crippen molar-refractivity contribution < 1.29 is 32.3 Å². The fraction of sp³-hybridized carbons (Fsp3) is 0.438. The molecule has 1 fully saturated rings. The molecule has 6 nitrogen and oxygen atoms in total. The summed E-state index contributed by atoms with van der Waals surface area (Å²) in [6.45, 7) is 2.04. The van der Waals surface area contributed by atoms with Gasteiger partial charge >= 0.3 is 18.1 Å². The average molecular weight is 356 g/mol. The molecular weight excluding hydrogens is 341 g/mol. The third-order valence-corrected chi connectivity index (χ3v) is 4.47. The third-order valence-electron chi connectivity index (χ3n) is 4.47. The van der Waals surface area contributed by atoms with E-state index >= 15 is 0 Å². The molecule has 0 aromatic heterocycles. The van der Waals surface area contributed by atoms with E-state index in [2.05, 4.69) is 0 Å². The molecule has 2 heterocycles. The molecule has 0 saturated carbocycles. The molecular formula is C16H15F3N2O4. The molecule has 0 bridgehead atoms. The maximum absolute atomic E-state index is 13.0. The van der Waals surface area contributed by atoms with Crippen LogP contribution >= 0.6 is 0 Å². The number of hydrogen-bond donors (Lipinski definition) is 0. The van der Waals surface area contributed by atoms with Crippen molar-refractivity contribution in [1.82, 2.24) is 4.90 Å². The van der Waals surface area contributed by atoms with Crippen LogP contribution in [0.15, 0.2) is 24.3 Å². The van der Waals surface area contributed by atoms with Gasteiger partial charge in [-0.3, -0.25) is 19.3 Å². The van der Waals surface area contributed by atoms with Crippen LogP contribution in [-0.2, 0) is 24.7 Å². The smallest absolute Gasteiger partial charge is 0.450 e. The largest absolute Gasteiger partial charge is 0.471 e. The van der Waals surface area contributed by atoms with Gasteiger partial charge in [0.1, 0.15) is 0 Å². The number of para-hydroxylation sites is 1. The molecule has 9 heteroatoms. The molecule has 2 aliphatic rings. The minimum atomic E-state index is -5.09. The molecule has 134 valence electrons. The van der Waals surface area contributed by atoms with Crippen LogP contribution in [0, 0.1) is 0 Å². The first-order valence-electron chi connectivity index (χ1n) is 7.56. The summed E-state index contributed by atoms with van der Waals surface area (Å²) in [4.78, 5) is 37.3. The zero-order valence-electron chi connectivity index (χ0n) is 13.5. The van der Waals surface area contributed by atoms with Crippen LogP contribution in [0.1, 0.15) is 25.8 Å². The Morgan fingerprint density at radius 2 is 1.84 bits per heavy atom. The highest BCUT2D eigenvalue weighted by Crippen LogP contribution is 2.53. The average Bonchev–Trinajstić information content (AvgIpc) is 2.97. The highest BCUT2D eigenvalue weighted by molar-refractivity contribution is 5.97. The fourth-order valence-electron chi connectivity index (χ4n) is 3.72. The van der Waals surface area contributed by atoms with Gasteiger partial charge in [0.2, 0.25) is 5.91 Å². The number of amides is 2. The molecule has 25 heavy (non-hydrogen) atoms. The number of likely N-dealkylation sites (tertiary alicyclic amines) is 1. The van der Waals surface area contributed by atoms with Gasteiger partial charge in [-0.05, 0) is 6.07 Å². The number of benzene rings is 1. The number of anilines is 1. The number of rotatable bonds is 1. The summed E-state index contributed by atoms with van der Waals surface area (Å²) < 4.78 is 44.4. The molecule has 1 aromatic carbocycles. The predicted octanol–water partition coefficient (Wildman–Crippen LogP) is 1.93. The molecule has 0 spiro atoms. The Labute approximate surface area is 141 Å². The summed E-state index contributed by atoms with van der Waals surface area (Å²) >= 11 is 0. The van der Waals surface area contributed by atoms with Crippen LogP contribution in [-0.4, -0.2) is 41.6 Å². The molecule has 3 rings (SSSR count). The van der Waals surface area contributed by atoms with Gasteiger partial charge in [-0.2, -0.15) is 13.2 Å².